The van der Waals surface area contributed by atoms with Crippen LogP contribution in [0, 0.1) is 0 Å². The van der Waals surface area contributed by atoms with Crippen LogP contribution in [0.3, 0.4) is 0 Å². The molecule has 32 heavy (non-hydrogen) atoms. The number of hydrogen-bond acceptors (Lipinski definition) is 6. The highest BCUT2D eigenvalue weighted by Crippen LogP contribution is 2.32. The van der Waals surface area contributed by atoms with E-state index in [9.17, 15) is 4.79 Å². The number of hydrogen-bond donors (Lipinski definition) is 1. The molecule has 1 aromatic heterocycles. The number of aryl methyl sites for hydroxylation is 1. The van der Waals surface area contributed by atoms with E-state index in [1.165, 1.54) is 0 Å². The van der Waals surface area contributed by atoms with Gasteiger partial charge in [0.1, 0.15) is 13.2 Å². The standard InChI is InChI=1S/C25H21N3O4/c29-23(26-20-10-11-21-22(16-20)31-15-14-30-21)12-13-24-27-25(28-32-24)19-8-6-18(7-9-19)17-4-2-1-3-5-17/h1-11,16H,12-15H2,(H,26,29). The topological polar surface area (TPSA) is 86.5 Å². The van der Waals surface area contributed by atoms with Crippen LogP contribution in [0.2, 0.25) is 0 Å². The summed E-state index contributed by atoms with van der Waals surface area (Å²) in [6, 6.07) is 23.5. The molecule has 0 aliphatic carbocycles. The van der Waals surface area contributed by atoms with Gasteiger partial charge in [-0.25, -0.2) is 0 Å². The molecule has 160 valence electrons. The van der Waals surface area contributed by atoms with Gasteiger partial charge < -0.3 is 19.3 Å². The second kappa shape index (κ2) is 8.93. The van der Waals surface area contributed by atoms with E-state index in [1.54, 1.807) is 18.2 Å². The molecule has 0 bridgehead atoms. The molecule has 0 saturated carbocycles. The van der Waals surface area contributed by atoms with Crippen LogP contribution in [0.1, 0.15) is 12.3 Å². The van der Waals surface area contributed by atoms with Gasteiger partial charge in [0.15, 0.2) is 11.5 Å². The van der Waals surface area contributed by atoms with Crippen LogP contribution in [0.5, 0.6) is 11.5 Å². The molecule has 0 spiro atoms. The van der Waals surface area contributed by atoms with Crippen LogP contribution in [0.4, 0.5) is 5.69 Å². The minimum atomic E-state index is -0.145. The first-order valence-corrected chi connectivity index (χ1v) is 10.4. The Hall–Kier alpha value is -4.13. The number of fused-ring (bicyclic) bond motifs is 1. The molecule has 1 amide bonds. The largest absolute Gasteiger partial charge is 0.486 e. The van der Waals surface area contributed by atoms with Crippen LogP contribution >= 0.6 is 0 Å². The first kappa shape index (κ1) is 19.8. The van der Waals surface area contributed by atoms with Crippen LogP contribution in [-0.2, 0) is 11.2 Å². The maximum Gasteiger partial charge on any atom is 0.227 e. The third-order valence-corrected chi connectivity index (χ3v) is 5.11. The van der Waals surface area contributed by atoms with Gasteiger partial charge in [0.2, 0.25) is 17.6 Å². The molecule has 0 atom stereocenters. The van der Waals surface area contributed by atoms with Gasteiger partial charge in [0, 0.05) is 30.2 Å². The Labute approximate surface area is 185 Å². The molecule has 7 nitrogen and oxygen atoms in total. The maximum atomic E-state index is 12.3. The van der Waals surface area contributed by atoms with Crippen molar-refractivity contribution >= 4 is 11.6 Å². The molecule has 2 heterocycles. The number of rotatable bonds is 6. The summed E-state index contributed by atoms with van der Waals surface area (Å²) < 4.78 is 16.4. The molecule has 5 rings (SSSR count). The summed E-state index contributed by atoms with van der Waals surface area (Å²) in [7, 11) is 0. The summed E-state index contributed by atoms with van der Waals surface area (Å²) in [6.07, 6.45) is 0.578. The van der Waals surface area contributed by atoms with E-state index in [1.807, 2.05) is 42.5 Å². The maximum absolute atomic E-state index is 12.3. The van der Waals surface area contributed by atoms with Crippen molar-refractivity contribution in [2.75, 3.05) is 18.5 Å². The Kier molecular flexibility index (Phi) is 5.53. The third kappa shape index (κ3) is 4.46. The Balaban J connectivity index is 1.18. The highest BCUT2D eigenvalue weighted by molar-refractivity contribution is 5.91. The van der Waals surface area contributed by atoms with Crippen molar-refractivity contribution in [2.24, 2.45) is 0 Å². The fourth-order valence-corrected chi connectivity index (χ4v) is 3.48. The molecule has 0 saturated heterocycles. The van der Waals surface area contributed by atoms with E-state index in [0.29, 0.717) is 48.5 Å². The normalized spacial score (nSPS) is 12.4. The van der Waals surface area contributed by atoms with Crippen molar-refractivity contribution in [3.05, 3.63) is 78.7 Å². The number of carbonyl (C=O) groups is 1. The lowest BCUT2D eigenvalue weighted by Gasteiger charge is -2.18. The predicted molar refractivity (Wildman–Crippen MR) is 120 cm³/mol. The Morgan fingerprint density at radius 2 is 1.56 bits per heavy atom. The number of ether oxygens (including phenoxy) is 2. The lowest BCUT2D eigenvalue weighted by atomic mass is 10.0. The van der Waals surface area contributed by atoms with Gasteiger partial charge in [-0.3, -0.25) is 4.79 Å². The summed E-state index contributed by atoms with van der Waals surface area (Å²) in [6.45, 7) is 1.03. The number of aromatic nitrogens is 2. The summed E-state index contributed by atoms with van der Waals surface area (Å²) in [4.78, 5) is 16.8. The van der Waals surface area contributed by atoms with Gasteiger partial charge in [0.25, 0.3) is 0 Å². The highest BCUT2D eigenvalue weighted by Gasteiger charge is 2.14. The molecule has 4 aromatic rings. The minimum absolute atomic E-state index is 0.145. The molecule has 0 radical (unpaired) electrons. The fraction of sp³-hybridized carbons (Fsp3) is 0.160. The number of carbonyl (C=O) groups excluding carboxylic acids is 1. The number of nitrogens with one attached hydrogen (secondary N) is 1. The lowest BCUT2D eigenvalue weighted by molar-refractivity contribution is -0.116. The Morgan fingerprint density at radius 3 is 2.38 bits per heavy atom. The lowest BCUT2D eigenvalue weighted by Crippen LogP contribution is -2.16. The zero-order valence-corrected chi connectivity index (χ0v) is 17.3. The van der Waals surface area contributed by atoms with Gasteiger partial charge >= 0.3 is 0 Å². The molecule has 0 unspecified atom stereocenters. The summed E-state index contributed by atoms with van der Waals surface area (Å²) in [5, 5.41) is 6.91. The third-order valence-electron chi connectivity index (χ3n) is 5.11. The first-order valence-electron chi connectivity index (χ1n) is 10.4. The van der Waals surface area contributed by atoms with E-state index in [-0.39, 0.29) is 12.3 Å². The number of nitrogens with zero attached hydrogens (tertiary/aromatic N) is 2. The summed E-state index contributed by atoms with van der Waals surface area (Å²) >= 11 is 0. The Morgan fingerprint density at radius 1 is 0.844 bits per heavy atom. The van der Waals surface area contributed by atoms with Crippen molar-refractivity contribution in [3.8, 4) is 34.0 Å². The first-order chi connectivity index (χ1) is 15.7. The van der Waals surface area contributed by atoms with E-state index >= 15 is 0 Å². The van der Waals surface area contributed by atoms with Gasteiger partial charge in [-0.1, -0.05) is 59.8 Å². The zero-order valence-electron chi connectivity index (χ0n) is 17.3. The smallest absolute Gasteiger partial charge is 0.227 e. The molecule has 7 heteroatoms. The zero-order chi connectivity index (χ0) is 21.8. The average molecular weight is 427 g/mol. The molecular weight excluding hydrogens is 406 g/mol. The SMILES string of the molecule is O=C(CCc1nc(-c2ccc(-c3ccccc3)cc2)no1)Nc1ccc2c(c1)OCCO2. The van der Waals surface area contributed by atoms with Crippen molar-refractivity contribution in [1.82, 2.24) is 10.1 Å². The monoisotopic (exact) mass is 427 g/mol. The molecule has 1 aliphatic heterocycles. The quantitative estimate of drug-likeness (QED) is 0.478. The molecule has 1 aliphatic rings. The van der Waals surface area contributed by atoms with Gasteiger partial charge in [0.05, 0.1) is 0 Å². The molecule has 3 aromatic carbocycles. The van der Waals surface area contributed by atoms with Crippen molar-refractivity contribution in [1.29, 1.82) is 0 Å². The molecule has 1 N–H and O–H groups in total. The fourth-order valence-electron chi connectivity index (χ4n) is 3.48. The van der Waals surface area contributed by atoms with E-state index in [2.05, 4.69) is 27.6 Å². The van der Waals surface area contributed by atoms with E-state index in [4.69, 9.17) is 14.0 Å². The van der Waals surface area contributed by atoms with Gasteiger partial charge in [-0.15, -0.1) is 0 Å². The number of benzene rings is 3. The van der Waals surface area contributed by atoms with Gasteiger partial charge in [-0.05, 0) is 23.3 Å². The minimum Gasteiger partial charge on any atom is -0.486 e. The van der Waals surface area contributed by atoms with Crippen molar-refractivity contribution in [3.63, 3.8) is 0 Å². The molecule has 0 fully saturated rings. The van der Waals surface area contributed by atoms with Crippen molar-refractivity contribution < 1.29 is 18.8 Å². The van der Waals surface area contributed by atoms with E-state index < -0.39 is 0 Å². The van der Waals surface area contributed by atoms with Gasteiger partial charge in [-0.2, -0.15) is 4.98 Å². The van der Waals surface area contributed by atoms with Crippen LogP contribution in [-0.4, -0.2) is 29.3 Å². The average Bonchev–Trinajstić information content (AvgIpc) is 3.32. The predicted octanol–water partition coefficient (Wildman–Crippen LogP) is 4.75. The van der Waals surface area contributed by atoms with E-state index in [0.717, 1.165) is 16.7 Å². The van der Waals surface area contributed by atoms with Crippen LogP contribution in [0.25, 0.3) is 22.5 Å². The highest BCUT2D eigenvalue weighted by atomic mass is 16.6. The molecular formula is C25H21N3O4. The van der Waals surface area contributed by atoms with Crippen LogP contribution < -0.4 is 14.8 Å². The van der Waals surface area contributed by atoms with Crippen LogP contribution in [0.15, 0.2) is 77.3 Å². The second-order valence-electron chi connectivity index (χ2n) is 7.36. The van der Waals surface area contributed by atoms with Crippen molar-refractivity contribution in [2.45, 2.75) is 12.8 Å². The summed E-state index contributed by atoms with van der Waals surface area (Å²) in [5.41, 5.74) is 3.79. The second-order valence-corrected chi connectivity index (χ2v) is 7.36. The number of amides is 1. The number of anilines is 1. The Bertz CT molecular complexity index is 1220. The summed E-state index contributed by atoms with van der Waals surface area (Å²) in [5.74, 6) is 2.10.